The Kier molecular flexibility index (Phi) is 4.12. The van der Waals surface area contributed by atoms with Gasteiger partial charge >= 0.3 is 0 Å². The van der Waals surface area contributed by atoms with E-state index >= 15 is 0 Å². The Bertz CT molecular complexity index is 999. The molecule has 2 aliphatic heterocycles. The minimum absolute atomic E-state index is 0.0990. The van der Waals surface area contributed by atoms with E-state index < -0.39 is 0 Å². The van der Waals surface area contributed by atoms with Crippen molar-refractivity contribution < 1.29 is 18.8 Å². The molecule has 0 saturated carbocycles. The number of rotatable bonds is 3. The van der Waals surface area contributed by atoms with Crippen LogP contribution in [0, 0.1) is 0 Å². The molecule has 0 radical (unpaired) electrons. The van der Waals surface area contributed by atoms with Crippen molar-refractivity contribution in [3.05, 3.63) is 48.4 Å². The van der Waals surface area contributed by atoms with Gasteiger partial charge in [-0.15, -0.1) is 0 Å². The Morgan fingerprint density at radius 3 is 2.79 bits per heavy atom. The van der Waals surface area contributed by atoms with E-state index in [1.54, 1.807) is 11.1 Å². The van der Waals surface area contributed by atoms with Gasteiger partial charge in [0.25, 0.3) is 5.91 Å². The number of ether oxygens (including phenoxy) is 2. The van der Waals surface area contributed by atoms with Crippen LogP contribution in [0.2, 0.25) is 0 Å². The maximum Gasteiger partial charge on any atom is 0.274 e. The second-order valence-electron chi connectivity index (χ2n) is 6.68. The maximum atomic E-state index is 12.5. The molecule has 0 aliphatic carbocycles. The predicted octanol–water partition coefficient (Wildman–Crippen LogP) is 2.28. The number of amides is 1. The molecule has 9 nitrogen and oxygen atoms in total. The molecule has 2 aromatic heterocycles. The summed E-state index contributed by atoms with van der Waals surface area (Å²) in [5, 5.41) is 4.11. The van der Waals surface area contributed by atoms with E-state index in [0.717, 1.165) is 18.4 Å². The lowest BCUT2D eigenvalue weighted by Crippen LogP contribution is -2.38. The number of hydrogen-bond acceptors (Lipinski definition) is 8. The molecule has 0 atom stereocenters. The molecule has 28 heavy (non-hydrogen) atoms. The van der Waals surface area contributed by atoms with Crippen LogP contribution >= 0.6 is 0 Å². The fourth-order valence-electron chi connectivity index (χ4n) is 3.45. The first kappa shape index (κ1) is 16.7. The minimum Gasteiger partial charge on any atom is -0.454 e. The number of likely N-dealkylation sites (tertiary alicyclic amines) is 1. The number of piperidine rings is 1. The van der Waals surface area contributed by atoms with Gasteiger partial charge in [0.05, 0.1) is 6.20 Å². The number of carbonyl (C=O) groups excluding carboxylic acids is 1. The van der Waals surface area contributed by atoms with Gasteiger partial charge in [0.2, 0.25) is 18.5 Å². The van der Waals surface area contributed by atoms with Crippen LogP contribution in [0.15, 0.2) is 41.3 Å². The standard InChI is InChI=1S/C19H17N5O4/c25-19(14-10-20-5-6-21-14)24-7-3-12(4-8-24)18-22-17(23-28-18)13-1-2-15-16(9-13)27-11-26-15/h1-2,5-6,9-10,12H,3-4,7-8,11H2. The van der Waals surface area contributed by atoms with Gasteiger partial charge in [-0.25, -0.2) is 4.98 Å². The summed E-state index contributed by atoms with van der Waals surface area (Å²) in [6.45, 7) is 1.45. The van der Waals surface area contributed by atoms with E-state index in [1.165, 1.54) is 12.4 Å². The Morgan fingerprint density at radius 2 is 1.96 bits per heavy atom. The van der Waals surface area contributed by atoms with Crippen LogP contribution in [-0.4, -0.2) is 50.8 Å². The third-order valence-corrected chi connectivity index (χ3v) is 4.99. The molecule has 1 amide bonds. The van der Waals surface area contributed by atoms with Gasteiger partial charge in [-0.1, -0.05) is 5.16 Å². The van der Waals surface area contributed by atoms with Crippen molar-refractivity contribution in [1.82, 2.24) is 25.0 Å². The fourth-order valence-corrected chi connectivity index (χ4v) is 3.45. The summed E-state index contributed by atoms with van der Waals surface area (Å²) in [7, 11) is 0. The van der Waals surface area contributed by atoms with Crippen LogP contribution < -0.4 is 9.47 Å². The van der Waals surface area contributed by atoms with Gasteiger partial charge < -0.3 is 18.9 Å². The zero-order chi connectivity index (χ0) is 18.9. The number of hydrogen-bond donors (Lipinski definition) is 0. The number of fused-ring (bicyclic) bond motifs is 1. The molecule has 4 heterocycles. The van der Waals surface area contributed by atoms with Crippen molar-refractivity contribution in [3.63, 3.8) is 0 Å². The Labute approximate surface area is 160 Å². The SMILES string of the molecule is O=C(c1cnccn1)N1CCC(c2nc(-c3ccc4c(c3)OCO4)no2)CC1. The van der Waals surface area contributed by atoms with Crippen LogP contribution in [0.3, 0.4) is 0 Å². The summed E-state index contributed by atoms with van der Waals surface area (Å²) in [6, 6.07) is 5.56. The Hall–Kier alpha value is -3.49. The van der Waals surface area contributed by atoms with Crippen molar-refractivity contribution >= 4 is 5.91 Å². The van der Waals surface area contributed by atoms with Crippen LogP contribution in [0.4, 0.5) is 0 Å². The summed E-state index contributed by atoms with van der Waals surface area (Å²) < 4.78 is 16.2. The summed E-state index contributed by atoms with van der Waals surface area (Å²) in [6.07, 6.45) is 6.08. The quantitative estimate of drug-likeness (QED) is 0.683. The predicted molar refractivity (Wildman–Crippen MR) is 95.8 cm³/mol. The second-order valence-corrected chi connectivity index (χ2v) is 6.68. The first-order valence-corrected chi connectivity index (χ1v) is 9.07. The zero-order valence-electron chi connectivity index (χ0n) is 14.9. The summed E-state index contributed by atoms with van der Waals surface area (Å²) >= 11 is 0. The first-order valence-electron chi connectivity index (χ1n) is 9.07. The normalized spacial score (nSPS) is 16.4. The lowest BCUT2D eigenvalue weighted by Gasteiger charge is -2.30. The highest BCUT2D eigenvalue weighted by Gasteiger charge is 2.29. The second kappa shape index (κ2) is 6.91. The van der Waals surface area contributed by atoms with Crippen LogP contribution in [0.25, 0.3) is 11.4 Å². The van der Waals surface area contributed by atoms with E-state index in [9.17, 15) is 4.79 Å². The molecule has 0 bridgehead atoms. The average molecular weight is 379 g/mol. The lowest BCUT2D eigenvalue weighted by atomic mass is 9.96. The molecular formula is C19H17N5O4. The van der Waals surface area contributed by atoms with Gasteiger partial charge in [-0.05, 0) is 31.0 Å². The zero-order valence-corrected chi connectivity index (χ0v) is 14.9. The lowest BCUT2D eigenvalue weighted by molar-refractivity contribution is 0.0698. The van der Waals surface area contributed by atoms with E-state index in [2.05, 4.69) is 20.1 Å². The van der Waals surface area contributed by atoms with Gasteiger partial charge in [0, 0.05) is 37.0 Å². The maximum absolute atomic E-state index is 12.5. The van der Waals surface area contributed by atoms with E-state index in [4.69, 9.17) is 14.0 Å². The molecule has 1 aromatic carbocycles. The van der Waals surface area contributed by atoms with Crippen molar-refractivity contribution in [2.24, 2.45) is 0 Å². The number of nitrogens with zero attached hydrogens (tertiary/aromatic N) is 5. The molecule has 0 N–H and O–H groups in total. The summed E-state index contributed by atoms with van der Waals surface area (Å²) in [5.74, 6) is 2.54. The molecule has 0 unspecified atom stereocenters. The van der Waals surface area contributed by atoms with Crippen LogP contribution in [0.5, 0.6) is 11.5 Å². The van der Waals surface area contributed by atoms with Crippen LogP contribution in [0.1, 0.15) is 35.1 Å². The molecule has 9 heteroatoms. The molecule has 2 aliphatic rings. The van der Waals surface area contributed by atoms with Crippen molar-refractivity contribution in [3.8, 4) is 22.9 Å². The Balaban J connectivity index is 1.26. The third-order valence-electron chi connectivity index (χ3n) is 4.99. The molecule has 3 aromatic rings. The van der Waals surface area contributed by atoms with Gasteiger partial charge in [-0.2, -0.15) is 4.98 Å². The van der Waals surface area contributed by atoms with Crippen LogP contribution in [-0.2, 0) is 0 Å². The number of carbonyl (C=O) groups is 1. The monoisotopic (exact) mass is 379 g/mol. The Morgan fingerprint density at radius 1 is 1.11 bits per heavy atom. The van der Waals surface area contributed by atoms with Crippen molar-refractivity contribution in [2.45, 2.75) is 18.8 Å². The molecule has 1 saturated heterocycles. The fraction of sp³-hybridized carbons (Fsp3) is 0.316. The van der Waals surface area contributed by atoms with Gasteiger partial charge in [0.1, 0.15) is 5.69 Å². The molecule has 1 fully saturated rings. The summed E-state index contributed by atoms with van der Waals surface area (Å²) in [4.78, 5) is 26.9. The van der Waals surface area contributed by atoms with Crippen molar-refractivity contribution in [1.29, 1.82) is 0 Å². The van der Waals surface area contributed by atoms with E-state index in [-0.39, 0.29) is 18.6 Å². The average Bonchev–Trinajstić information content (AvgIpc) is 3.43. The smallest absolute Gasteiger partial charge is 0.274 e. The topological polar surface area (TPSA) is 103 Å². The first-order chi connectivity index (χ1) is 13.8. The van der Waals surface area contributed by atoms with Gasteiger partial charge in [-0.3, -0.25) is 9.78 Å². The molecule has 5 rings (SSSR count). The summed E-state index contributed by atoms with van der Waals surface area (Å²) in [5.41, 5.74) is 1.18. The highest BCUT2D eigenvalue weighted by atomic mass is 16.7. The number of benzene rings is 1. The highest BCUT2D eigenvalue weighted by Crippen LogP contribution is 2.36. The molecular weight excluding hydrogens is 362 g/mol. The van der Waals surface area contributed by atoms with Crippen molar-refractivity contribution in [2.75, 3.05) is 19.9 Å². The third kappa shape index (κ3) is 3.04. The minimum atomic E-state index is -0.0990. The number of aromatic nitrogens is 4. The van der Waals surface area contributed by atoms with Gasteiger partial charge in [0.15, 0.2) is 11.5 Å². The highest BCUT2D eigenvalue weighted by molar-refractivity contribution is 5.92. The molecule has 142 valence electrons. The van der Waals surface area contributed by atoms with E-state index in [0.29, 0.717) is 42.0 Å². The van der Waals surface area contributed by atoms with E-state index in [1.807, 2.05) is 18.2 Å². The molecule has 0 spiro atoms. The largest absolute Gasteiger partial charge is 0.454 e.